The minimum atomic E-state index is -0.273. The van der Waals surface area contributed by atoms with E-state index in [4.69, 9.17) is 9.84 Å². The molecule has 0 amide bonds. The summed E-state index contributed by atoms with van der Waals surface area (Å²) >= 11 is 0. The summed E-state index contributed by atoms with van der Waals surface area (Å²) in [6, 6.07) is 0. The molecule has 0 aliphatic carbocycles. The monoisotopic (exact) mass is 186 g/mol. The Morgan fingerprint density at radius 3 is 2.62 bits per heavy atom. The third-order valence-electron chi connectivity index (χ3n) is 1.60. The van der Waals surface area contributed by atoms with Gasteiger partial charge in [-0.1, -0.05) is 12.5 Å². The number of allylic oxidation sites excluding steroid dienone is 1. The van der Waals surface area contributed by atoms with E-state index in [1.54, 1.807) is 13.0 Å². The lowest BCUT2D eigenvalue weighted by molar-refractivity contribution is -0.137. The molecule has 0 aromatic heterocycles. The van der Waals surface area contributed by atoms with Gasteiger partial charge in [-0.05, 0) is 26.2 Å². The van der Waals surface area contributed by atoms with Crippen LogP contribution in [-0.4, -0.2) is 24.3 Å². The molecule has 0 radical (unpaired) electrons. The number of ether oxygens (including phenoxy) is 1. The molecule has 0 spiro atoms. The highest BCUT2D eigenvalue weighted by Gasteiger charge is 1.95. The van der Waals surface area contributed by atoms with E-state index < -0.39 is 0 Å². The van der Waals surface area contributed by atoms with Crippen LogP contribution in [0, 0.1) is 0 Å². The Bertz CT molecular complexity index is 152. The molecule has 0 aromatic carbocycles. The standard InChI is InChI=1S/C10H18O3/c1-2-7-10(12)13-9-6-4-3-5-8-11/h2,7,11H,3-6,8-9H2,1H3. The summed E-state index contributed by atoms with van der Waals surface area (Å²) in [7, 11) is 0. The summed E-state index contributed by atoms with van der Waals surface area (Å²) in [5, 5.41) is 8.49. The van der Waals surface area contributed by atoms with Gasteiger partial charge in [-0.25, -0.2) is 4.79 Å². The molecule has 0 saturated carbocycles. The van der Waals surface area contributed by atoms with Gasteiger partial charge in [-0.15, -0.1) is 0 Å². The van der Waals surface area contributed by atoms with Gasteiger partial charge in [-0.3, -0.25) is 0 Å². The first kappa shape index (κ1) is 12.2. The van der Waals surface area contributed by atoms with Gasteiger partial charge in [-0.2, -0.15) is 0 Å². The predicted molar refractivity (Wildman–Crippen MR) is 51.3 cm³/mol. The minimum Gasteiger partial charge on any atom is -0.463 e. The lowest BCUT2D eigenvalue weighted by Gasteiger charge is -2.00. The first-order valence-corrected chi connectivity index (χ1v) is 4.71. The highest BCUT2D eigenvalue weighted by molar-refractivity contribution is 5.81. The molecule has 13 heavy (non-hydrogen) atoms. The van der Waals surface area contributed by atoms with Crippen molar-refractivity contribution < 1.29 is 14.6 Å². The molecule has 1 N–H and O–H groups in total. The minimum absolute atomic E-state index is 0.248. The second-order valence-electron chi connectivity index (χ2n) is 2.81. The van der Waals surface area contributed by atoms with Crippen molar-refractivity contribution in [2.75, 3.05) is 13.2 Å². The normalized spacial score (nSPS) is 10.6. The van der Waals surface area contributed by atoms with Crippen molar-refractivity contribution in [3.8, 4) is 0 Å². The molecular formula is C10H18O3. The number of aliphatic hydroxyl groups excluding tert-OH is 1. The number of unbranched alkanes of at least 4 members (excludes halogenated alkanes) is 3. The fourth-order valence-electron chi connectivity index (χ4n) is 0.924. The van der Waals surface area contributed by atoms with Crippen molar-refractivity contribution in [3.63, 3.8) is 0 Å². The molecule has 0 saturated heterocycles. The van der Waals surface area contributed by atoms with E-state index in [9.17, 15) is 4.79 Å². The first-order valence-electron chi connectivity index (χ1n) is 4.71. The Morgan fingerprint density at radius 2 is 2.00 bits per heavy atom. The molecule has 0 heterocycles. The van der Waals surface area contributed by atoms with Gasteiger partial charge in [0.05, 0.1) is 6.61 Å². The van der Waals surface area contributed by atoms with E-state index in [0.29, 0.717) is 6.61 Å². The smallest absolute Gasteiger partial charge is 0.330 e. The number of carbonyl (C=O) groups is 1. The molecular weight excluding hydrogens is 168 g/mol. The van der Waals surface area contributed by atoms with Crippen molar-refractivity contribution >= 4 is 5.97 Å². The fourth-order valence-corrected chi connectivity index (χ4v) is 0.924. The van der Waals surface area contributed by atoms with Crippen LogP contribution >= 0.6 is 0 Å². The number of aliphatic hydroxyl groups is 1. The van der Waals surface area contributed by atoms with Crippen LogP contribution in [-0.2, 0) is 9.53 Å². The van der Waals surface area contributed by atoms with Gasteiger partial charge >= 0.3 is 5.97 Å². The molecule has 0 aliphatic heterocycles. The van der Waals surface area contributed by atoms with Crippen LogP contribution in [0.4, 0.5) is 0 Å². The predicted octanol–water partition coefficient (Wildman–Crippen LogP) is 1.66. The van der Waals surface area contributed by atoms with Crippen LogP contribution in [0.1, 0.15) is 32.6 Å². The SMILES string of the molecule is CC=CC(=O)OCCCCCCO. The Kier molecular flexibility index (Phi) is 8.67. The van der Waals surface area contributed by atoms with Crippen LogP contribution in [0.2, 0.25) is 0 Å². The van der Waals surface area contributed by atoms with E-state index in [1.807, 2.05) is 0 Å². The highest BCUT2D eigenvalue weighted by Crippen LogP contribution is 1.99. The van der Waals surface area contributed by atoms with Crippen LogP contribution < -0.4 is 0 Å². The Morgan fingerprint density at radius 1 is 1.31 bits per heavy atom. The number of rotatable bonds is 7. The topological polar surface area (TPSA) is 46.5 Å². The van der Waals surface area contributed by atoms with Gasteiger partial charge in [0, 0.05) is 12.7 Å². The van der Waals surface area contributed by atoms with Crippen LogP contribution in [0.25, 0.3) is 0 Å². The third kappa shape index (κ3) is 9.08. The maximum atomic E-state index is 10.8. The zero-order chi connectivity index (χ0) is 9.94. The van der Waals surface area contributed by atoms with Crippen molar-refractivity contribution in [2.45, 2.75) is 32.6 Å². The molecule has 0 bridgehead atoms. The van der Waals surface area contributed by atoms with Crippen molar-refractivity contribution in [2.24, 2.45) is 0 Å². The fraction of sp³-hybridized carbons (Fsp3) is 0.700. The van der Waals surface area contributed by atoms with Crippen molar-refractivity contribution in [1.29, 1.82) is 0 Å². The van der Waals surface area contributed by atoms with Gasteiger partial charge in [0.2, 0.25) is 0 Å². The highest BCUT2D eigenvalue weighted by atomic mass is 16.5. The van der Waals surface area contributed by atoms with Crippen LogP contribution in [0.3, 0.4) is 0 Å². The van der Waals surface area contributed by atoms with E-state index >= 15 is 0 Å². The summed E-state index contributed by atoms with van der Waals surface area (Å²) < 4.78 is 4.87. The second kappa shape index (κ2) is 9.26. The maximum Gasteiger partial charge on any atom is 0.330 e. The molecule has 76 valence electrons. The molecule has 3 nitrogen and oxygen atoms in total. The van der Waals surface area contributed by atoms with Crippen LogP contribution in [0.5, 0.6) is 0 Å². The van der Waals surface area contributed by atoms with Crippen molar-refractivity contribution in [1.82, 2.24) is 0 Å². The van der Waals surface area contributed by atoms with Crippen molar-refractivity contribution in [3.05, 3.63) is 12.2 Å². The number of carbonyl (C=O) groups excluding carboxylic acids is 1. The zero-order valence-electron chi connectivity index (χ0n) is 8.16. The first-order chi connectivity index (χ1) is 6.31. The summed E-state index contributed by atoms with van der Waals surface area (Å²) in [5.74, 6) is -0.273. The third-order valence-corrected chi connectivity index (χ3v) is 1.60. The second-order valence-corrected chi connectivity index (χ2v) is 2.81. The number of hydrogen-bond acceptors (Lipinski definition) is 3. The average molecular weight is 186 g/mol. The van der Waals surface area contributed by atoms with Gasteiger partial charge in [0.15, 0.2) is 0 Å². The summed E-state index contributed by atoms with van der Waals surface area (Å²) in [5.41, 5.74) is 0. The Hall–Kier alpha value is -0.830. The lowest BCUT2D eigenvalue weighted by atomic mass is 10.2. The van der Waals surface area contributed by atoms with E-state index in [1.165, 1.54) is 6.08 Å². The molecule has 0 aromatic rings. The van der Waals surface area contributed by atoms with Crippen LogP contribution in [0.15, 0.2) is 12.2 Å². The summed E-state index contributed by atoms with van der Waals surface area (Å²) in [4.78, 5) is 10.8. The van der Waals surface area contributed by atoms with Gasteiger partial charge < -0.3 is 9.84 Å². The Labute approximate surface area is 79.4 Å². The summed E-state index contributed by atoms with van der Waals surface area (Å²) in [6.07, 6.45) is 6.79. The zero-order valence-corrected chi connectivity index (χ0v) is 8.16. The van der Waals surface area contributed by atoms with E-state index in [2.05, 4.69) is 0 Å². The molecule has 0 rings (SSSR count). The maximum absolute atomic E-state index is 10.8. The van der Waals surface area contributed by atoms with Gasteiger partial charge in [0.1, 0.15) is 0 Å². The summed E-state index contributed by atoms with van der Waals surface area (Å²) in [6.45, 7) is 2.51. The molecule has 0 unspecified atom stereocenters. The van der Waals surface area contributed by atoms with E-state index in [0.717, 1.165) is 25.7 Å². The Balaban J connectivity index is 3.11. The average Bonchev–Trinajstić information content (AvgIpc) is 2.11. The molecule has 0 atom stereocenters. The lowest BCUT2D eigenvalue weighted by Crippen LogP contribution is -2.02. The largest absolute Gasteiger partial charge is 0.463 e. The molecule has 3 heteroatoms. The molecule has 0 fully saturated rings. The molecule has 0 aliphatic rings. The quantitative estimate of drug-likeness (QED) is 0.373. The van der Waals surface area contributed by atoms with E-state index in [-0.39, 0.29) is 12.6 Å². The number of esters is 1. The van der Waals surface area contributed by atoms with Gasteiger partial charge in [0.25, 0.3) is 0 Å². The number of hydrogen-bond donors (Lipinski definition) is 1.